The molecule has 0 spiro atoms. The molecule has 2 aromatic carbocycles. The first kappa shape index (κ1) is 17.7. The van der Waals surface area contributed by atoms with Crippen molar-refractivity contribution in [2.24, 2.45) is 10.3 Å². The maximum absolute atomic E-state index is 13.0. The molecule has 2 amide bonds. The zero-order valence-corrected chi connectivity index (χ0v) is 16.1. The van der Waals surface area contributed by atoms with Crippen molar-refractivity contribution in [2.75, 3.05) is 4.90 Å². The van der Waals surface area contributed by atoms with Gasteiger partial charge in [0, 0.05) is 5.02 Å². The Morgan fingerprint density at radius 1 is 1.04 bits per heavy atom. The molecular weight excluding hydrogens is 364 g/mol. The van der Waals surface area contributed by atoms with Gasteiger partial charge in [-0.1, -0.05) is 40.6 Å². The number of nitrogens with zero attached hydrogens (tertiary/aromatic N) is 4. The topological polar surface area (TPSA) is 65.3 Å². The van der Waals surface area contributed by atoms with Crippen molar-refractivity contribution in [3.8, 4) is 0 Å². The maximum atomic E-state index is 13.0. The number of benzene rings is 2. The molecule has 2 aliphatic heterocycles. The predicted octanol–water partition coefficient (Wildman–Crippen LogP) is 3.76. The maximum Gasteiger partial charge on any atom is 0.263 e. The minimum Gasteiger partial charge on any atom is -0.271 e. The Morgan fingerprint density at radius 2 is 1.74 bits per heavy atom. The number of carbonyl (C=O) groups excluding carboxylic acids is 2. The summed E-state index contributed by atoms with van der Waals surface area (Å²) in [6.07, 6.45) is 0. The van der Waals surface area contributed by atoms with Crippen molar-refractivity contribution in [3.05, 3.63) is 63.7 Å². The van der Waals surface area contributed by atoms with Crippen molar-refractivity contribution in [1.29, 1.82) is 0 Å². The van der Waals surface area contributed by atoms with E-state index in [-0.39, 0.29) is 11.8 Å². The third kappa shape index (κ3) is 2.90. The molecular formula is C20H19ClN4O2. The van der Waals surface area contributed by atoms with Gasteiger partial charge in [-0.3, -0.25) is 14.6 Å². The Hall–Kier alpha value is -2.73. The van der Waals surface area contributed by atoms with Crippen LogP contribution in [0.25, 0.3) is 0 Å². The molecule has 138 valence electrons. The van der Waals surface area contributed by atoms with E-state index in [9.17, 15) is 9.59 Å². The van der Waals surface area contributed by atoms with Crippen LogP contribution < -0.4 is 4.90 Å². The molecule has 0 aliphatic carbocycles. The van der Waals surface area contributed by atoms with Crippen molar-refractivity contribution in [1.82, 2.24) is 5.01 Å². The summed E-state index contributed by atoms with van der Waals surface area (Å²) in [6.45, 7) is 6.57. The van der Waals surface area contributed by atoms with Gasteiger partial charge in [0.2, 0.25) is 0 Å². The number of aryl methyl sites for hydroxylation is 3. The monoisotopic (exact) mass is 382 g/mol. The van der Waals surface area contributed by atoms with Crippen LogP contribution in [0, 0.1) is 20.8 Å². The van der Waals surface area contributed by atoms with Crippen LogP contribution in [0.1, 0.15) is 22.3 Å². The Bertz CT molecular complexity index is 965. The van der Waals surface area contributed by atoms with E-state index in [4.69, 9.17) is 11.6 Å². The lowest BCUT2D eigenvalue weighted by Gasteiger charge is -2.22. The molecule has 0 saturated carbocycles. The first-order chi connectivity index (χ1) is 12.9. The van der Waals surface area contributed by atoms with Crippen LogP contribution in [0.15, 0.2) is 46.7 Å². The van der Waals surface area contributed by atoms with Gasteiger partial charge in [-0.2, -0.15) is 5.11 Å². The second-order valence-electron chi connectivity index (χ2n) is 7.06. The number of halogens is 1. The third-order valence-corrected chi connectivity index (χ3v) is 5.32. The smallest absolute Gasteiger partial charge is 0.263 e. The van der Waals surface area contributed by atoms with Crippen molar-refractivity contribution < 1.29 is 9.59 Å². The van der Waals surface area contributed by atoms with Crippen molar-refractivity contribution >= 4 is 29.1 Å². The van der Waals surface area contributed by atoms with E-state index >= 15 is 0 Å². The summed E-state index contributed by atoms with van der Waals surface area (Å²) in [5, 5.41) is 10.3. The fourth-order valence-electron chi connectivity index (χ4n) is 3.84. The van der Waals surface area contributed by atoms with Crippen LogP contribution in [-0.2, 0) is 16.1 Å². The first-order valence-electron chi connectivity index (χ1n) is 8.74. The molecule has 2 aliphatic rings. The van der Waals surface area contributed by atoms with Crippen LogP contribution in [0.4, 0.5) is 5.69 Å². The van der Waals surface area contributed by atoms with E-state index in [1.165, 1.54) is 10.5 Å². The van der Waals surface area contributed by atoms with Gasteiger partial charge in [0.05, 0.1) is 12.2 Å². The molecule has 1 saturated heterocycles. The van der Waals surface area contributed by atoms with Gasteiger partial charge in [0.1, 0.15) is 0 Å². The summed E-state index contributed by atoms with van der Waals surface area (Å²) >= 11 is 6.02. The lowest BCUT2D eigenvalue weighted by Crippen LogP contribution is -2.39. The van der Waals surface area contributed by atoms with Gasteiger partial charge in [-0.05, 0) is 55.7 Å². The highest BCUT2D eigenvalue weighted by Crippen LogP contribution is 2.34. The molecule has 2 atom stereocenters. The van der Waals surface area contributed by atoms with Crippen LogP contribution in [0.2, 0.25) is 5.02 Å². The normalized spacial score (nSPS) is 21.3. The third-order valence-electron chi connectivity index (χ3n) is 5.08. The van der Waals surface area contributed by atoms with Gasteiger partial charge in [-0.15, -0.1) is 0 Å². The average molecular weight is 383 g/mol. The molecule has 0 radical (unpaired) electrons. The molecule has 2 aromatic rings. The van der Waals surface area contributed by atoms with E-state index in [1.54, 1.807) is 29.3 Å². The molecule has 1 fully saturated rings. The Kier molecular flexibility index (Phi) is 4.23. The number of rotatable bonds is 3. The fourth-order valence-corrected chi connectivity index (χ4v) is 4.03. The number of imide groups is 1. The molecule has 27 heavy (non-hydrogen) atoms. The van der Waals surface area contributed by atoms with Gasteiger partial charge in [0.25, 0.3) is 11.8 Å². The lowest BCUT2D eigenvalue weighted by molar-refractivity contribution is -0.123. The summed E-state index contributed by atoms with van der Waals surface area (Å²) in [5.74, 6) is -0.685. The summed E-state index contributed by atoms with van der Waals surface area (Å²) < 4.78 is 0. The number of hydrogen-bond acceptors (Lipinski definition) is 5. The number of carbonyl (C=O) groups is 2. The van der Waals surface area contributed by atoms with Crippen molar-refractivity contribution in [3.63, 3.8) is 0 Å². The first-order valence-corrected chi connectivity index (χ1v) is 9.12. The van der Waals surface area contributed by atoms with Gasteiger partial charge < -0.3 is 0 Å². The molecule has 6 nitrogen and oxygen atoms in total. The van der Waals surface area contributed by atoms with Crippen LogP contribution in [-0.4, -0.2) is 28.9 Å². The summed E-state index contributed by atoms with van der Waals surface area (Å²) in [6, 6.07) is 9.40. The highest BCUT2D eigenvalue weighted by atomic mass is 35.5. The molecule has 2 heterocycles. The molecule has 4 rings (SSSR count). The Labute approximate surface area is 162 Å². The number of fused-ring (bicyclic) bond motifs is 1. The van der Waals surface area contributed by atoms with E-state index in [2.05, 4.69) is 29.4 Å². The average Bonchev–Trinajstić information content (AvgIpc) is 3.11. The molecule has 0 aromatic heterocycles. The highest BCUT2D eigenvalue weighted by molar-refractivity contribution is 6.31. The highest BCUT2D eigenvalue weighted by Gasteiger charge is 2.54. The second-order valence-corrected chi connectivity index (χ2v) is 7.50. The number of amides is 2. The summed E-state index contributed by atoms with van der Waals surface area (Å²) in [7, 11) is 0. The minimum atomic E-state index is -0.803. The molecule has 7 heteroatoms. The molecule has 0 unspecified atom stereocenters. The standard InChI is InChI=1S/C20H19ClN4O2/c1-11-7-12(2)16(13(3)8-11)10-24-18-17(22-23-24)19(26)25(20(18)27)15-6-4-5-14(21)9-15/h4-9,17-18H,10H2,1-3H3/t17-,18+/m0/s1. The Morgan fingerprint density at radius 3 is 2.41 bits per heavy atom. The molecule has 0 bridgehead atoms. The van der Waals surface area contributed by atoms with Gasteiger partial charge >= 0.3 is 0 Å². The van der Waals surface area contributed by atoms with Gasteiger partial charge in [0.15, 0.2) is 12.1 Å². The number of hydrogen-bond donors (Lipinski definition) is 0. The van der Waals surface area contributed by atoms with E-state index in [0.717, 1.165) is 16.7 Å². The summed E-state index contributed by atoms with van der Waals surface area (Å²) in [5.41, 5.74) is 5.02. The van der Waals surface area contributed by atoms with E-state index in [0.29, 0.717) is 17.3 Å². The zero-order chi connectivity index (χ0) is 19.3. The zero-order valence-electron chi connectivity index (χ0n) is 15.3. The van der Waals surface area contributed by atoms with E-state index < -0.39 is 12.1 Å². The van der Waals surface area contributed by atoms with Crippen molar-refractivity contribution in [2.45, 2.75) is 39.4 Å². The lowest BCUT2D eigenvalue weighted by atomic mass is 9.99. The van der Waals surface area contributed by atoms with Crippen LogP contribution >= 0.6 is 11.6 Å². The second kappa shape index (κ2) is 6.46. The minimum absolute atomic E-state index is 0.320. The largest absolute Gasteiger partial charge is 0.271 e. The SMILES string of the molecule is Cc1cc(C)c(CN2N=N[C@@H]3C(=O)N(c4cccc(Cl)c4)C(=O)[C@@H]32)c(C)c1. The van der Waals surface area contributed by atoms with Crippen LogP contribution in [0.3, 0.4) is 0 Å². The summed E-state index contributed by atoms with van der Waals surface area (Å²) in [4.78, 5) is 27.0. The quantitative estimate of drug-likeness (QED) is 0.759. The molecule has 0 N–H and O–H groups in total. The van der Waals surface area contributed by atoms with Crippen LogP contribution in [0.5, 0.6) is 0 Å². The predicted molar refractivity (Wildman–Crippen MR) is 103 cm³/mol. The van der Waals surface area contributed by atoms with E-state index in [1.807, 2.05) is 13.8 Å². The van der Waals surface area contributed by atoms with Gasteiger partial charge in [-0.25, -0.2) is 4.90 Å². The fraction of sp³-hybridized carbons (Fsp3) is 0.300. The Balaban J connectivity index is 1.64. The number of anilines is 1.